The Morgan fingerprint density at radius 2 is 2.15 bits per heavy atom. The van der Waals surface area contributed by atoms with Gasteiger partial charge in [0.2, 0.25) is 0 Å². The quantitative estimate of drug-likeness (QED) is 0.935. The summed E-state index contributed by atoms with van der Waals surface area (Å²) >= 11 is 0. The highest BCUT2D eigenvalue weighted by atomic mass is 32.2. The van der Waals surface area contributed by atoms with E-state index in [2.05, 4.69) is 5.10 Å². The molecule has 1 atom stereocenters. The van der Waals surface area contributed by atoms with Crippen molar-refractivity contribution in [1.29, 1.82) is 0 Å². The van der Waals surface area contributed by atoms with E-state index < -0.39 is 22.6 Å². The first kappa shape index (κ1) is 14.4. The highest BCUT2D eigenvalue weighted by Crippen LogP contribution is 2.18. The summed E-state index contributed by atoms with van der Waals surface area (Å²) in [5, 5.41) is 13.0. The van der Waals surface area contributed by atoms with Crippen molar-refractivity contribution >= 4 is 16.8 Å². The number of carbonyl (C=O) groups is 1. The first-order chi connectivity index (χ1) is 9.38. The first-order valence-corrected chi connectivity index (χ1v) is 7.11. The number of carboxylic acids is 1. The lowest BCUT2D eigenvalue weighted by Gasteiger charge is -2.05. The lowest BCUT2D eigenvalue weighted by molar-refractivity contribution is 0.0696. The predicted molar refractivity (Wildman–Crippen MR) is 71.4 cm³/mol. The number of benzene rings is 1. The first-order valence-electron chi connectivity index (χ1n) is 5.79. The lowest BCUT2D eigenvalue weighted by atomic mass is 10.2. The van der Waals surface area contributed by atoms with Crippen molar-refractivity contribution in [3.05, 3.63) is 47.0 Å². The minimum Gasteiger partial charge on any atom is -0.478 e. The number of carboxylic acid groups (broad SMARTS) is 1. The Hall–Kier alpha value is -2.02. The van der Waals surface area contributed by atoms with Gasteiger partial charge >= 0.3 is 5.97 Å². The van der Waals surface area contributed by atoms with Crippen LogP contribution in [0.4, 0.5) is 4.39 Å². The number of rotatable bonds is 4. The molecule has 1 aromatic heterocycles. The van der Waals surface area contributed by atoms with Gasteiger partial charge in [0, 0.05) is 7.05 Å². The molecule has 1 unspecified atom stereocenters. The average Bonchev–Trinajstić information content (AvgIpc) is 2.67. The Kier molecular flexibility index (Phi) is 3.99. The summed E-state index contributed by atoms with van der Waals surface area (Å²) in [5.74, 6) is -1.77. The van der Waals surface area contributed by atoms with Gasteiger partial charge in [0.15, 0.2) is 0 Å². The summed E-state index contributed by atoms with van der Waals surface area (Å²) in [7, 11) is 0.0430. The molecule has 0 aliphatic heterocycles. The van der Waals surface area contributed by atoms with Gasteiger partial charge in [-0.05, 0) is 31.2 Å². The van der Waals surface area contributed by atoms with E-state index >= 15 is 0 Å². The van der Waals surface area contributed by atoms with Crippen LogP contribution in [0.1, 0.15) is 21.7 Å². The van der Waals surface area contributed by atoms with Gasteiger partial charge < -0.3 is 5.11 Å². The van der Waals surface area contributed by atoms with Gasteiger partial charge in [-0.1, -0.05) is 0 Å². The number of aromatic nitrogens is 2. The Balaban J connectivity index is 2.31. The third-order valence-electron chi connectivity index (χ3n) is 2.80. The molecule has 0 aliphatic carbocycles. The van der Waals surface area contributed by atoms with Crippen molar-refractivity contribution in [1.82, 2.24) is 9.78 Å². The molecule has 20 heavy (non-hydrogen) atoms. The Morgan fingerprint density at radius 3 is 2.70 bits per heavy atom. The molecule has 0 saturated heterocycles. The van der Waals surface area contributed by atoms with Crippen LogP contribution >= 0.6 is 0 Å². The average molecular weight is 296 g/mol. The minimum absolute atomic E-state index is 0.0807. The van der Waals surface area contributed by atoms with E-state index in [-0.39, 0.29) is 16.2 Å². The Bertz CT molecular complexity index is 697. The van der Waals surface area contributed by atoms with Crippen LogP contribution in [-0.4, -0.2) is 25.1 Å². The van der Waals surface area contributed by atoms with Crippen LogP contribution in [0.2, 0.25) is 0 Å². The summed E-state index contributed by atoms with van der Waals surface area (Å²) in [5.41, 5.74) is 1.39. The Morgan fingerprint density at radius 1 is 1.45 bits per heavy atom. The summed E-state index contributed by atoms with van der Waals surface area (Å²) in [4.78, 5) is 10.8. The normalized spacial score (nSPS) is 12.3. The molecular weight excluding hydrogens is 283 g/mol. The second-order valence-corrected chi connectivity index (χ2v) is 5.76. The molecule has 0 spiro atoms. The topological polar surface area (TPSA) is 72.2 Å². The summed E-state index contributed by atoms with van der Waals surface area (Å²) < 4.78 is 27.5. The van der Waals surface area contributed by atoms with Gasteiger partial charge in [-0.3, -0.25) is 8.89 Å². The standard InChI is InChI=1S/C13H13FN2O3S/c1-8-5-10(16(2)15-8)7-20(19)12-6-9(13(17)18)3-4-11(12)14/h3-6H,7H2,1-2H3,(H,17,18). The molecule has 0 saturated carbocycles. The van der Waals surface area contributed by atoms with E-state index in [1.165, 1.54) is 0 Å². The van der Waals surface area contributed by atoms with Crippen molar-refractivity contribution < 1.29 is 18.5 Å². The smallest absolute Gasteiger partial charge is 0.335 e. The van der Waals surface area contributed by atoms with Gasteiger partial charge in [0.25, 0.3) is 0 Å². The van der Waals surface area contributed by atoms with E-state index in [4.69, 9.17) is 5.11 Å². The van der Waals surface area contributed by atoms with Gasteiger partial charge in [-0.25, -0.2) is 9.18 Å². The van der Waals surface area contributed by atoms with E-state index in [0.29, 0.717) is 5.69 Å². The molecule has 0 bridgehead atoms. The maximum Gasteiger partial charge on any atom is 0.335 e. The van der Waals surface area contributed by atoms with Crippen LogP contribution in [0.3, 0.4) is 0 Å². The number of aryl methyl sites for hydroxylation is 2. The summed E-state index contributed by atoms with van der Waals surface area (Å²) in [6, 6.07) is 5.03. The van der Waals surface area contributed by atoms with Gasteiger partial charge in [0.05, 0.1) is 38.4 Å². The molecule has 2 aromatic rings. The fourth-order valence-corrected chi connectivity index (χ4v) is 3.06. The van der Waals surface area contributed by atoms with Crippen LogP contribution in [0.5, 0.6) is 0 Å². The number of aromatic carboxylic acids is 1. The number of halogens is 1. The van der Waals surface area contributed by atoms with Gasteiger partial charge in [0.1, 0.15) is 5.82 Å². The highest BCUT2D eigenvalue weighted by molar-refractivity contribution is 7.84. The summed E-state index contributed by atoms with van der Waals surface area (Å²) in [6.07, 6.45) is 0. The third kappa shape index (κ3) is 2.93. The molecule has 0 amide bonds. The molecule has 0 fully saturated rings. The number of hydrogen-bond acceptors (Lipinski definition) is 3. The highest BCUT2D eigenvalue weighted by Gasteiger charge is 2.16. The summed E-state index contributed by atoms with van der Waals surface area (Å²) in [6.45, 7) is 1.80. The van der Waals surface area contributed by atoms with E-state index in [1.54, 1.807) is 24.7 Å². The zero-order chi connectivity index (χ0) is 14.9. The zero-order valence-corrected chi connectivity index (χ0v) is 11.8. The predicted octanol–water partition coefficient (Wildman–Crippen LogP) is 1.87. The number of nitrogens with zero attached hydrogens (tertiary/aromatic N) is 2. The van der Waals surface area contributed by atoms with Crippen LogP contribution in [0.25, 0.3) is 0 Å². The van der Waals surface area contributed by atoms with Crippen molar-refractivity contribution in [2.24, 2.45) is 7.05 Å². The maximum atomic E-state index is 13.7. The molecule has 2 rings (SSSR count). The maximum absolute atomic E-state index is 13.7. The fourth-order valence-electron chi connectivity index (χ4n) is 1.82. The molecule has 0 aliphatic rings. The van der Waals surface area contributed by atoms with E-state index in [0.717, 1.165) is 23.9 Å². The van der Waals surface area contributed by atoms with Crippen molar-refractivity contribution in [2.75, 3.05) is 0 Å². The van der Waals surface area contributed by atoms with Crippen LogP contribution < -0.4 is 0 Å². The molecule has 5 nitrogen and oxygen atoms in total. The second kappa shape index (κ2) is 5.54. The third-order valence-corrected chi connectivity index (χ3v) is 4.16. The van der Waals surface area contributed by atoms with E-state index in [9.17, 15) is 13.4 Å². The molecule has 1 N–H and O–H groups in total. The molecule has 1 aromatic carbocycles. The van der Waals surface area contributed by atoms with E-state index in [1.807, 2.05) is 0 Å². The number of hydrogen-bond donors (Lipinski definition) is 1. The second-order valence-electron chi connectivity index (χ2n) is 4.34. The molecule has 0 radical (unpaired) electrons. The van der Waals surface area contributed by atoms with Crippen LogP contribution in [0, 0.1) is 12.7 Å². The zero-order valence-electron chi connectivity index (χ0n) is 11.0. The van der Waals surface area contributed by atoms with Crippen molar-refractivity contribution in [3.8, 4) is 0 Å². The minimum atomic E-state index is -1.67. The fraction of sp³-hybridized carbons (Fsp3) is 0.231. The van der Waals surface area contributed by atoms with Crippen LogP contribution in [-0.2, 0) is 23.6 Å². The SMILES string of the molecule is Cc1cc(CS(=O)c2cc(C(=O)O)ccc2F)n(C)n1. The Labute approximate surface area is 117 Å². The van der Waals surface area contributed by atoms with Crippen molar-refractivity contribution in [3.63, 3.8) is 0 Å². The van der Waals surface area contributed by atoms with Gasteiger partial charge in [-0.2, -0.15) is 5.10 Å². The molecule has 106 valence electrons. The largest absolute Gasteiger partial charge is 0.478 e. The molecular formula is C13H13FN2O3S. The van der Waals surface area contributed by atoms with Crippen LogP contribution in [0.15, 0.2) is 29.2 Å². The van der Waals surface area contributed by atoms with Crippen molar-refractivity contribution in [2.45, 2.75) is 17.6 Å². The van der Waals surface area contributed by atoms with Gasteiger partial charge in [-0.15, -0.1) is 0 Å². The monoisotopic (exact) mass is 296 g/mol. The molecule has 7 heteroatoms. The lowest BCUT2D eigenvalue weighted by Crippen LogP contribution is -2.06. The molecule has 1 heterocycles.